The van der Waals surface area contributed by atoms with Gasteiger partial charge in [0, 0.05) is 19.3 Å². The molecule has 102 valence electrons. The SMILES string of the molecule is CC(C)CCCOCCC(NC(C)C)C(=O)O. The van der Waals surface area contributed by atoms with Crippen LogP contribution < -0.4 is 5.32 Å². The van der Waals surface area contributed by atoms with Crippen LogP contribution in [0.25, 0.3) is 0 Å². The van der Waals surface area contributed by atoms with E-state index in [2.05, 4.69) is 19.2 Å². The number of carboxylic acid groups (broad SMARTS) is 1. The van der Waals surface area contributed by atoms with Crippen LogP contribution in [0, 0.1) is 5.92 Å². The number of nitrogens with one attached hydrogen (secondary N) is 1. The molecule has 0 spiro atoms. The van der Waals surface area contributed by atoms with Crippen LogP contribution in [0.15, 0.2) is 0 Å². The highest BCUT2D eigenvalue weighted by molar-refractivity contribution is 5.73. The lowest BCUT2D eigenvalue weighted by molar-refractivity contribution is -0.140. The summed E-state index contributed by atoms with van der Waals surface area (Å²) in [5.41, 5.74) is 0. The van der Waals surface area contributed by atoms with Crippen LogP contribution in [0.3, 0.4) is 0 Å². The van der Waals surface area contributed by atoms with Crippen molar-refractivity contribution in [1.82, 2.24) is 5.32 Å². The van der Waals surface area contributed by atoms with Gasteiger partial charge >= 0.3 is 5.97 Å². The van der Waals surface area contributed by atoms with E-state index in [9.17, 15) is 4.79 Å². The van der Waals surface area contributed by atoms with Gasteiger partial charge < -0.3 is 15.2 Å². The van der Waals surface area contributed by atoms with Crippen molar-refractivity contribution >= 4 is 5.97 Å². The highest BCUT2D eigenvalue weighted by Crippen LogP contribution is 2.03. The molecule has 1 unspecified atom stereocenters. The van der Waals surface area contributed by atoms with Gasteiger partial charge in [0.15, 0.2) is 0 Å². The summed E-state index contributed by atoms with van der Waals surface area (Å²) < 4.78 is 5.44. The Morgan fingerprint density at radius 3 is 2.29 bits per heavy atom. The minimum Gasteiger partial charge on any atom is -0.480 e. The van der Waals surface area contributed by atoms with Crippen molar-refractivity contribution in [3.8, 4) is 0 Å². The van der Waals surface area contributed by atoms with E-state index in [4.69, 9.17) is 9.84 Å². The minimum atomic E-state index is -0.801. The number of rotatable bonds is 10. The predicted molar refractivity (Wildman–Crippen MR) is 69.2 cm³/mol. The van der Waals surface area contributed by atoms with Crippen LogP contribution in [-0.4, -0.2) is 36.4 Å². The van der Waals surface area contributed by atoms with Gasteiger partial charge in [-0.3, -0.25) is 4.79 Å². The number of carbonyl (C=O) groups is 1. The smallest absolute Gasteiger partial charge is 0.320 e. The van der Waals surface area contributed by atoms with Crippen molar-refractivity contribution in [2.75, 3.05) is 13.2 Å². The van der Waals surface area contributed by atoms with Gasteiger partial charge in [-0.2, -0.15) is 0 Å². The summed E-state index contributed by atoms with van der Waals surface area (Å²) in [6, 6.07) is -0.322. The molecule has 0 rings (SSSR count). The number of aliphatic carboxylic acids is 1. The average molecular weight is 245 g/mol. The summed E-state index contributed by atoms with van der Waals surface area (Å²) in [6.07, 6.45) is 2.73. The molecule has 4 nitrogen and oxygen atoms in total. The quantitative estimate of drug-likeness (QED) is 0.580. The fourth-order valence-corrected chi connectivity index (χ4v) is 1.58. The number of ether oxygens (including phenoxy) is 1. The fourth-order valence-electron chi connectivity index (χ4n) is 1.58. The molecule has 0 amide bonds. The third kappa shape index (κ3) is 10.3. The van der Waals surface area contributed by atoms with Gasteiger partial charge in [0.2, 0.25) is 0 Å². The maximum Gasteiger partial charge on any atom is 0.320 e. The molecule has 0 saturated heterocycles. The van der Waals surface area contributed by atoms with E-state index < -0.39 is 12.0 Å². The van der Waals surface area contributed by atoms with Gasteiger partial charge in [-0.15, -0.1) is 0 Å². The summed E-state index contributed by atoms with van der Waals surface area (Å²) >= 11 is 0. The zero-order valence-electron chi connectivity index (χ0n) is 11.5. The standard InChI is InChI=1S/C13H27NO3/c1-10(2)6-5-8-17-9-7-12(13(15)16)14-11(3)4/h10-12,14H,5-9H2,1-4H3,(H,15,16). The molecule has 17 heavy (non-hydrogen) atoms. The number of hydrogen-bond donors (Lipinski definition) is 2. The highest BCUT2D eigenvalue weighted by atomic mass is 16.5. The molecule has 0 radical (unpaired) electrons. The molecule has 0 fully saturated rings. The molecular weight excluding hydrogens is 218 g/mol. The molecule has 4 heteroatoms. The first-order valence-electron chi connectivity index (χ1n) is 6.50. The fraction of sp³-hybridized carbons (Fsp3) is 0.923. The molecule has 0 aliphatic carbocycles. The van der Waals surface area contributed by atoms with Crippen molar-refractivity contribution in [1.29, 1.82) is 0 Å². The number of hydrogen-bond acceptors (Lipinski definition) is 3. The largest absolute Gasteiger partial charge is 0.480 e. The van der Waals surface area contributed by atoms with Crippen molar-refractivity contribution in [3.63, 3.8) is 0 Å². The second kappa shape index (κ2) is 9.42. The topological polar surface area (TPSA) is 58.6 Å². The predicted octanol–water partition coefficient (Wildman–Crippen LogP) is 2.28. The molecule has 0 aromatic carbocycles. The first-order valence-corrected chi connectivity index (χ1v) is 6.50. The molecule has 0 aliphatic rings. The monoisotopic (exact) mass is 245 g/mol. The van der Waals surface area contributed by atoms with Gasteiger partial charge in [-0.1, -0.05) is 27.7 Å². The van der Waals surface area contributed by atoms with Gasteiger partial charge in [0.25, 0.3) is 0 Å². The second-order valence-electron chi connectivity index (χ2n) is 5.15. The van der Waals surface area contributed by atoms with Crippen molar-refractivity contribution < 1.29 is 14.6 Å². The first kappa shape index (κ1) is 16.4. The first-order chi connectivity index (χ1) is 7.93. The van der Waals surface area contributed by atoms with Gasteiger partial charge in [-0.05, 0) is 25.2 Å². The van der Waals surface area contributed by atoms with E-state index in [0.29, 0.717) is 18.9 Å². The maximum atomic E-state index is 10.9. The Labute approximate surface area is 105 Å². The zero-order valence-corrected chi connectivity index (χ0v) is 11.5. The molecule has 0 saturated carbocycles. The maximum absolute atomic E-state index is 10.9. The Bertz CT molecular complexity index is 205. The minimum absolute atomic E-state index is 0.178. The van der Waals surface area contributed by atoms with E-state index in [-0.39, 0.29) is 6.04 Å². The lowest BCUT2D eigenvalue weighted by Crippen LogP contribution is -2.41. The molecule has 0 aliphatic heterocycles. The third-order valence-corrected chi connectivity index (χ3v) is 2.45. The van der Waals surface area contributed by atoms with Crippen molar-refractivity contribution in [2.45, 2.75) is 59.0 Å². The third-order valence-electron chi connectivity index (χ3n) is 2.45. The van der Waals surface area contributed by atoms with Gasteiger partial charge in [0.1, 0.15) is 6.04 Å². The Morgan fingerprint density at radius 2 is 1.82 bits per heavy atom. The zero-order chi connectivity index (χ0) is 13.3. The van der Waals surface area contributed by atoms with Gasteiger partial charge in [-0.25, -0.2) is 0 Å². The molecule has 0 bridgehead atoms. The van der Waals surface area contributed by atoms with Crippen LogP contribution in [0.5, 0.6) is 0 Å². The summed E-state index contributed by atoms with van der Waals surface area (Å²) in [5, 5.41) is 12.0. The highest BCUT2D eigenvalue weighted by Gasteiger charge is 2.17. The molecule has 0 aromatic heterocycles. The van der Waals surface area contributed by atoms with Crippen LogP contribution in [-0.2, 0) is 9.53 Å². The normalized spacial score (nSPS) is 13.3. The van der Waals surface area contributed by atoms with E-state index in [1.54, 1.807) is 0 Å². The Kier molecular flexibility index (Phi) is 9.09. The molecule has 2 N–H and O–H groups in total. The lowest BCUT2D eigenvalue weighted by Gasteiger charge is -2.17. The van der Waals surface area contributed by atoms with E-state index in [0.717, 1.165) is 19.4 Å². The van der Waals surface area contributed by atoms with Crippen LogP contribution in [0.2, 0.25) is 0 Å². The summed E-state index contributed by atoms with van der Waals surface area (Å²) in [6.45, 7) is 9.50. The Hall–Kier alpha value is -0.610. The van der Waals surface area contributed by atoms with Crippen LogP contribution >= 0.6 is 0 Å². The summed E-state index contributed by atoms with van der Waals surface area (Å²) in [4.78, 5) is 10.9. The Balaban J connectivity index is 3.58. The second-order valence-corrected chi connectivity index (χ2v) is 5.15. The number of carboxylic acids is 1. The molecule has 0 heterocycles. The van der Waals surface area contributed by atoms with Crippen LogP contribution in [0.1, 0.15) is 47.0 Å². The summed E-state index contributed by atoms with van der Waals surface area (Å²) in [5.74, 6) is -0.0996. The average Bonchev–Trinajstić information content (AvgIpc) is 2.20. The van der Waals surface area contributed by atoms with Gasteiger partial charge in [0.05, 0.1) is 0 Å². The van der Waals surface area contributed by atoms with Crippen LogP contribution in [0.4, 0.5) is 0 Å². The van der Waals surface area contributed by atoms with E-state index in [1.807, 2.05) is 13.8 Å². The summed E-state index contributed by atoms with van der Waals surface area (Å²) in [7, 11) is 0. The molecule has 0 aromatic rings. The Morgan fingerprint density at radius 1 is 1.18 bits per heavy atom. The lowest BCUT2D eigenvalue weighted by atomic mass is 10.1. The van der Waals surface area contributed by atoms with E-state index in [1.165, 1.54) is 0 Å². The van der Waals surface area contributed by atoms with Crippen molar-refractivity contribution in [3.05, 3.63) is 0 Å². The molecular formula is C13H27NO3. The van der Waals surface area contributed by atoms with Crippen molar-refractivity contribution in [2.24, 2.45) is 5.92 Å². The van der Waals surface area contributed by atoms with E-state index >= 15 is 0 Å². The molecule has 1 atom stereocenters.